The third-order valence-corrected chi connectivity index (χ3v) is 4.18. The van der Waals surface area contributed by atoms with Crippen molar-refractivity contribution in [3.8, 4) is 0 Å². The van der Waals surface area contributed by atoms with E-state index in [0.29, 0.717) is 6.42 Å². The van der Waals surface area contributed by atoms with E-state index in [4.69, 9.17) is 0 Å². The van der Waals surface area contributed by atoms with Gasteiger partial charge in [-0.1, -0.05) is 25.1 Å². The third kappa shape index (κ3) is 4.11. The summed E-state index contributed by atoms with van der Waals surface area (Å²) >= 11 is 1.74. The van der Waals surface area contributed by atoms with Gasteiger partial charge in [0.2, 0.25) is 0 Å². The first-order valence-corrected chi connectivity index (χ1v) is 7.41. The third-order valence-electron chi connectivity index (χ3n) is 3.04. The number of aryl methyl sites for hydroxylation is 1. The van der Waals surface area contributed by atoms with Crippen LogP contribution in [0.5, 0.6) is 0 Å². The molecule has 0 aliphatic heterocycles. The maximum Gasteiger partial charge on any atom is 0.126 e. The molecule has 2 rings (SSSR count). The molecule has 4 heteroatoms. The molecule has 0 aliphatic rings. The number of rotatable bonds is 6. The molecule has 0 amide bonds. The summed E-state index contributed by atoms with van der Waals surface area (Å²) < 4.78 is 13.5. The van der Waals surface area contributed by atoms with Gasteiger partial charge in [0.25, 0.3) is 0 Å². The Bertz CT molecular complexity index is 524. The summed E-state index contributed by atoms with van der Waals surface area (Å²) in [7, 11) is 0. The van der Waals surface area contributed by atoms with Crippen molar-refractivity contribution < 1.29 is 4.39 Å². The van der Waals surface area contributed by atoms with Gasteiger partial charge in [-0.15, -0.1) is 11.3 Å². The second-order valence-corrected chi connectivity index (χ2v) is 5.85. The van der Waals surface area contributed by atoms with E-state index >= 15 is 0 Å². The summed E-state index contributed by atoms with van der Waals surface area (Å²) in [6.45, 7) is 4.95. The van der Waals surface area contributed by atoms with Crippen LogP contribution in [-0.2, 0) is 19.4 Å². The van der Waals surface area contributed by atoms with Gasteiger partial charge in [-0.2, -0.15) is 0 Å². The van der Waals surface area contributed by atoms with E-state index in [-0.39, 0.29) is 11.9 Å². The zero-order valence-electron chi connectivity index (χ0n) is 11.3. The lowest BCUT2D eigenvalue weighted by molar-refractivity contribution is 0.525. The zero-order valence-corrected chi connectivity index (χ0v) is 12.1. The fourth-order valence-corrected chi connectivity index (χ4v) is 2.73. The molecule has 2 nitrogen and oxygen atoms in total. The number of aromatic nitrogens is 1. The van der Waals surface area contributed by atoms with Gasteiger partial charge in [-0.25, -0.2) is 9.37 Å². The molecule has 1 heterocycles. The predicted octanol–water partition coefficient (Wildman–Crippen LogP) is 3.57. The summed E-state index contributed by atoms with van der Waals surface area (Å²) in [5, 5.41) is 4.49. The van der Waals surface area contributed by atoms with E-state index in [9.17, 15) is 4.39 Å². The van der Waals surface area contributed by atoms with E-state index in [0.717, 1.165) is 23.5 Å². The van der Waals surface area contributed by atoms with E-state index in [2.05, 4.69) is 24.1 Å². The highest BCUT2D eigenvalue weighted by Gasteiger charge is 2.08. The van der Waals surface area contributed by atoms with Gasteiger partial charge in [-0.3, -0.25) is 0 Å². The molecule has 1 aromatic heterocycles. The molecular formula is C15H19FN2S. The van der Waals surface area contributed by atoms with Gasteiger partial charge in [0.15, 0.2) is 0 Å². The van der Waals surface area contributed by atoms with Gasteiger partial charge >= 0.3 is 0 Å². The Morgan fingerprint density at radius 1 is 1.37 bits per heavy atom. The molecule has 2 aromatic rings. The molecule has 0 radical (unpaired) electrons. The second kappa shape index (κ2) is 6.78. The second-order valence-electron chi connectivity index (χ2n) is 4.65. The fraction of sp³-hybridized carbons (Fsp3) is 0.400. The van der Waals surface area contributed by atoms with Crippen molar-refractivity contribution in [3.63, 3.8) is 0 Å². The van der Waals surface area contributed by atoms with Crippen LogP contribution < -0.4 is 5.32 Å². The quantitative estimate of drug-likeness (QED) is 0.874. The molecule has 1 aromatic carbocycles. The molecule has 19 heavy (non-hydrogen) atoms. The SMILES string of the molecule is CCc1cnc(CNC(C)Cc2ccccc2F)s1. The molecule has 0 aliphatic carbocycles. The number of benzene rings is 1. The largest absolute Gasteiger partial charge is 0.308 e. The first-order chi connectivity index (χ1) is 9.19. The van der Waals surface area contributed by atoms with Crippen LogP contribution in [0, 0.1) is 5.82 Å². The highest BCUT2D eigenvalue weighted by molar-refractivity contribution is 7.11. The Morgan fingerprint density at radius 3 is 2.84 bits per heavy atom. The molecule has 102 valence electrons. The summed E-state index contributed by atoms with van der Waals surface area (Å²) in [4.78, 5) is 5.67. The van der Waals surface area contributed by atoms with E-state index in [1.54, 1.807) is 17.4 Å². The minimum absolute atomic E-state index is 0.126. The Balaban J connectivity index is 1.84. The summed E-state index contributed by atoms with van der Waals surface area (Å²) in [6, 6.07) is 7.17. The minimum Gasteiger partial charge on any atom is -0.308 e. The average Bonchev–Trinajstić information content (AvgIpc) is 2.87. The maximum absolute atomic E-state index is 13.5. The van der Waals surface area contributed by atoms with Crippen molar-refractivity contribution in [3.05, 3.63) is 51.7 Å². The van der Waals surface area contributed by atoms with E-state index in [1.165, 1.54) is 10.9 Å². The Morgan fingerprint density at radius 2 is 2.16 bits per heavy atom. The van der Waals surface area contributed by atoms with Crippen LogP contribution in [0.15, 0.2) is 30.5 Å². The number of hydrogen-bond acceptors (Lipinski definition) is 3. The van der Waals surface area contributed by atoms with Crippen molar-refractivity contribution in [1.29, 1.82) is 0 Å². The van der Waals surface area contributed by atoms with Gasteiger partial charge in [0, 0.05) is 23.7 Å². The zero-order chi connectivity index (χ0) is 13.7. The topological polar surface area (TPSA) is 24.9 Å². The maximum atomic E-state index is 13.5. The average molecular weight is 278 g/mol. The van der Waals surface area contributed by atoms with E-state index in [1.807, 2.05) is 18.3 Å². The minimum atomic E-state index is -0.126. The summed E-state index contributed by atoms with van der Waals surface area (Å²) in [6.07, 6.45) is 3.66. The lowest BCUT2D eigenvalue weighted by atomic mass is 10.1. The van der Waals surface area contributed by atoms with Crippen LogP contribution in [0.4, 0.5) is 4.39 Å². The van der Waals surface area contributed by atoms with Crippen molar-refractivity contribution in [2.75, 3.05) is 0 Å². The van der Waals surface area contributed by atoms with Crippen LogP contribution in [0.2, 0.25) is 0 Å². The number of hydrogen-bond donors (Lipinski definition) is 1. The monoisotopic (exact) mass is 278 g/mol. The van der Waals surface area contributed by atoms with Crippen molar-refractivity contribution >= 4 is 11.3 Å². The fourth-order valence-electron chi connectivity index (χ4n) is 1.92. The van der Waals surface area contributed by atoms with Gasteiger partial charge in [-0.05, 0) is 31.4 Å². The first kappa shape index (κ1) is 14.2. The van der Waals surface area contributed by atoms with Crippen molar-refractivity contribution in [2.45, 2.75) is 39.3 Å². The van der Waals surface area contributed by atoms with Crippen LogP contribution in [0.1, 0.15) is 29.3 Å². The molecular weight excluding hydrogens is 259 g/mol. The summed E-state index contributed by atoms with van der Waals surface area (Å²) in [5.74, 6) is -0.126. The molecule has 0 fully saturated rings. The van der Waals surface area contributed by atoms with Crippen LogP contribution in [0.3, 0.4) is 0 Å². The molecule has 0 spiro atoms. The highest BCUT2D eigenvalue weighted by atomic mass is 32.1. The molecule has 0 bridgehead atoms. The number of thiazole rings is 1. The molecule has 0 saturated carbocycles. The molecule has 1 N–H and O–H groups in total. The molecule has 1 unspecified atom stereocenters. The smallest absolute Gasteiger partial charge is 0.126 e. The molecule has 1 atom stereocenters. The van der Waals surface area contributed by atoms with Crippen LogP contribution >= 0.6 is 11.3 Å². The number of nitrogens with zero attached hydrogens (tertiary/aromatic N) is 1. The van der Waals surface area contributed by atoms with Crippen molar-refractivity contribution in [2.24, 2.45) is 0 Å². The van der Waals surface area contributed by atoms with Crippen LogP contribution in [0.25, 0.3) is 0 Å². The van der Waals surface area contributed by atoms with Crippen molar-refractivity contribution in [1.82, 2.24) is 10.3 Å². The van der Waals surface area contributed by atoms with Gasteiger partial charge < -0.3 is 5.32 Å². The van der Waals surface area contributed by atoms with Crippen LogP contribution in [-0.4, -0.2) is 11.0 Å². The first-order valence-electron chi connectivity index (χ1n) is 6.59. The van der Waals surface area contributed by atoms with E-state index < -0.39 is 0 Å². The Hall–Kier alpha value is -1.26. The standard InChI is InChI=1S/C15H19FN2S/c1-3-13-9-18-15(19-13)10-17-11(2)8-12-6-4-5-7-14(12)16/h4-7,9,11,17H,3,8,10H2,1-2H3. The Labute approximate surface area is 117 Å². The Kier molecular flexibility index (Phi) is 5.05. The van der Waals surface area contributed by atoms with Gasteiger partial charge in [0.05, 0.1) is 0 Å². The number of halogens is 1. The van der Waals surface area contributed by atoms with Gasteiger partial charge in [0.1, 0.15) is 10.8 Å². The number of nitrogens with one attached hydrogen (secondary N) is 1. The normalized spacial score (nSPS) is 12.6. The highest BCUT2D eigenvalue weighted by Crippen LogP contribution is 2.14. The lowest BCUT2D eigenvalue weighted by Gasteiger charge is -2.13. The summed E-state index contributed by atoms with van der Waals surface area (Å²) in [5.41, 5.74) is 0.760. The lowest BCUT2D eigenvalue weighted by Crippen LogP contribution is -2.27. The molecule has 0 saturated heterocycles. The predicted molar refractivity (Wildman–Crippen MR) is 77.9 cm³/mol.